The van der Waals surface area contributed by atoms with Crippen LogP contribution in [0.3, 0.4) is 0 Å². The number of rotatable bonds is 0. The van der Waals surface area contributed by atoms with Gasteiger partial charge in [-0.25, -0.2) is 0 Å². The standard InChI is InChI=1S/C6H6N.C2H6OS/c7-6-4-2-1-3-5-6;1-4(2)3/h2-5H,7H2;1-2H3. The van der Waals surface area contributed by atoms with Gasteiger partial charge in [0.2, 0.25) is 0 Å². The van der Waals surface area contributed by atoms with E-state index < -0.39 is 11.2 Å². The van der Waals surface area contributed by atoms with E-state index in [0.717, 1.165) is 5.69 Å². The van der Waals surface area contributed by atoms with Gasteiger partial charge >= 0.3 is 0 Å². The Bertz CT molecular complexity index is 174. The van der Waals surface area contributed by atoms with Crippen LogP contribution in [0.4, 0.5) is 5.69 Å². The second kappa shape index (κ2) is 6.07. The summed E-state index contributed by atoms with van der Waals surface area (Å²) in [6, 6.07) is 10.0. The number of anilines is 1. The van der Waals surface area contributed by atoms with Crippen molar-refractivity contribution in [2.75, 3.05) is 18.2 Å². The van der Waals surface area contributed by atoms with Crippen molar-refractivity contribution < 1.29 is 4.55 Å². The summed E-state index contributed by atoms with van der Waals surface area (Å²) in [5, 5.41) is 0. The molecule has 0 amide bonds. The molecule has 0 heterocycles. The first-order chi connectivity index (χ1) is 5.13. The Morgan fingerprint density at radius 3 is 1.91 bits per heavy atom. The summed E-state index contributed by atoms with van der Waals surface area (Å²) in [6.07, 6.45) is 3.28. The van der Waals surface area contributed by atoms with Crippen molar-refractivity contribution in [2.24, 2.45) is 0 Å². The normalized spacial score (nSPS) is 8.73. The maximum absolute atomic E-state index is 9.56. The maximum atomic E-state index is 9.56. The molecule has 2 nitrogen and oxygen atoms in total. The van der Waals surface area contributed by atoms with E-state index in [2.05, 4.69) is 6.07 Å². The van der Waals surface area contributed by atoms with Crippen LogP contribution in [-0.4, -0.2) is 17.1 Å². The molecule has 0 spiro atoms. The zero-order valence-electron chi connectivity index (χ0n) is 6.70. The Morgan fingerprint density at radius 2 is 1.73 bits per heavy atom. The summed E-state index contributed by atoms with van der Waals surface area (Å²) >= 11 is -0.611. The fourth-order valence-corrected chi connectivity index (χ4v) is 0.400. The van der Waals surface area contributed by atoms with Gasteiger partial charge in [-0.15, -0.1) is 0 Å². The van der Waals surface area contributed by atoms with Crippen LogP contribution in [0, 0.1) is 6.07 Å². The minimum atomic E-state index is -0.611. The summed E-state index contributed by atoms with van der Waals surface area (Å²) in [5.41, 5.74) is 6.13. The second-order valence-electron chi connectivity index (χ2n) is 2.07. The highest BCUT2D eigenvalue weighted by atomic mass is 32.2. The Hall–Kier alpha value is -0.670. The molecule has 0 aliphatic rings. The van der Waals surface area contributed by atoms with E-state index in [1.54, 1.807) is 36.8 Å². The number of hydrogen-bond acceptors (Lipinski definition) is 2. The lowest BCUT2D eigenvalue weighted by atomic mass is 10.3. The minimum Gasteiger partial charge on any atom is -0.617 e. The zero-order chi connectivity index (χ0) is 8.69. The molecule has 0 aromatic heterocycles. The highest BCUT2D eigenvalue weighted by Gasteiger charge is 1.72. The van der Waals surface area contributed by atoms with Gasteiger partial charge < -0.3 is 10.3 Å². The molecule has 1 radical (unpaired) electrons. The molecule has 3 heteroatoms. The minimum absolute atomic E-state index is 0.611. The quantitative estimate of drug-likeness (QED) is 0.467. The molecule has 0 saturated heterocycles. The van der Waals surface area contributed by atoms with Gasteiger partial charge in [-0.05, 0) is 18.2 Å². The fraction of sp³-hybridized carbons (Fsp3) is 0.250. The van der Waals surface area contributed by atoms with Gasteiger partial charge in [0, 0.05) is 5.69 Å². The maximum Gasteiger partial charge on any atom is 0.0946 e. The molecule has 0 aliphatic heterocycles. The summed E-state index contributed by atoms with van der Waals surface area (Å²) in [5.74, 6) is 0. The van der Waals surface area contributed by atoms with Crippen molar-refractivity contribution >= 4 is 16.9 Å². The third kappa shape index (κ3) is 9.33. The predicted octanol–water partition coefficient (Wildman–Crippen LogP) is 1.06. The molecule has 0 aliphatic carbocycles. The molecule has 0 unspecified atom stereocenters. The van der Waals surface area contributed by atoms with Crippen LogP contribution < -0.4 is 5.73 Å². The molecule has 2 N–H and O–H groups in total. The molecule has 1 aromatic rings. The lowest BCUT2D eigenvalue weighted by Crippen LogP contribution is -1.86. The van der Waals surface area contributed by atoms with Crippen molar-refractivity contribution in [1.29, 1.82) is 0 Å². The van der Waals surface area contributed by atoms with Gasteiger partial charge in [-0.2, -0.15) is 0 Å². The van der Waals surface area contributed by atoms with E-state index in [-0.39, 0.29) is 0 Å². The predicted molar refractivity (Wildman–Crippen MR) is 49.7 cm³/mol. The molecule has 0 atom stereocenters. The highest BCUT2D eigenvalue weighted by Crippen LogP contribution is 1.95. The Kier molecular flexibility index (Phi) is 5.70. The van der Waals surface area contributed by atoms with Crippen molar-refractivity contribution in [1.82, 2.24) is 0 Å². The monoisotopic (exact) mass is 170 g/mol. The second-order valence-corrected chi connectivity index (χ2v) is 3.56. The van der Waals surface area contributed by atoms with Crippen LogP contribution >= 0.6 is 0 Å². The van der Waals surface area contributed by atoms with Crippen LogP contribution in [0.15, 0.2) is 24.3 Å². The van der Waals surface area contributed by atoms with Crippen LogP contribution in [-0.2, 0) is 11.2 Å². The van der Waals surface area contributed by atoms with Gasteiger partial charge in [0.1, 0.15) is 0 Å². The third-order valence-corrected chi connectivity index (χ3v) is 0.744. The van der Waals surface area contributed by atoms with Crippen molar-refractivity contribution in [3.8, 4) is 0 Å². The van der Waals surface area contributed by atoms with Crippen molar-refractivity contribution in [3.05, 3.63) is 30.3 Å². The zero-order valence-corrected chi connectivity index (χ0v) is 7.52. The van der Waals surface area contributed by atoms with E-state index in [1.165, 1.54) is 0 Å². The number of nitrogens with two attached hydrogens (primary N) is 1. The van der Waals surface area contributed by atoms with Gasteiger partial charge in [0.25, 0.3) is 0 Å². The molecule has 0 bridgehead atoms. The van der Waals surface area contributed by atoms with E-state index in [1.807, 2.05) is 0 Å². The first kappa shape index (κ1) is 10.3. The van der Waals surface area contributed by atoms with Crippen LogP contribution in [0.5, 0.6) is 0 Å². The summed E-state index contributed by atoms with van der Waals surface area (Å²) in [4.78, 5) is 0. The smallest absolute Gasteiger partial charge is 0.0946 e. The number of benzene rings is 1. The SMILES string of the molecule is C[S+](C)[O-].Nc1cc[c]cc1. The lowest BCUT2D eigenvalue weighted by Gasteiger charge is -1.87. The van der Waals surface area contributed by atoms with E-state index >= 15 is 0 Å². The van der Waals surface area contributed by atoms with Crippen LogP contribution in [0.2, 0.25) is 0 Å². The van der Waals surface area contributed by atoms with Gasteiger partial charge in [0.15, 0.2) is 0 Å². The van der Waals surface area contributed by atoms with E-state index in [9.17, 15) is 4.55 Å². The summed E-state index contributed by atoms with van der Waals surface area (Å²) < 4.78 is 9.56. The number of nitrogen functional groups attached to an aromatic ring is 1. The molecular formula is C8H12NOS. The number of hydrogen-bond donors (Lipinski definition) is 1. The molecule has 1 rings (SSSR count). The molecule has 1 aromatic carbocycles. The third-order valence-electron chi connectivity index (χ3n) is 0.744. The largest absolute Gasteiger partial charge is 0.617 e. The molecular weight excluding hydrogens is 158 g/mol. The Labute approximate surface area is 70.6 Å². The van der Waals surface area contributed by atoms with Crippen molar-refractivity contribution in [2.45, 2.75) is 0 Å². The Morgan fingerprint density at radius 1 is 1.36 bits per heavy atom. The van der Waals surface area contributed by atoms with Gasteiger partial charge in [0.05, 0.1) is 12.5 Å². The van der Waals surface area contributed by atoms with Crippen molar-refractivity contribution in [3.63, 3.8) is 0 Å². The highest BCUT2D eigenvalue weighted by molar-refractivity contribution is 7.89. The first-order valence-electron chi connectivity index (χ1n) is 3.09. The Balaban J connectivity index is 0.000000218. The summed E-state index contributed by atoms with van der Waals surface area (Å²) in [7, 11) is 0. The molecule has 0 saturated carbocycles. The van der Waals surface area contributed by atoms with Crippen LogP contribution in [0.1, 0.15) is 0 Å². The fourth-order valence-electron chi connectivity index (χ4n) is 0.400. The average molecular weight is 170 g/mol. The van der Waals surface area contributed by atoms with Crippen LogP contribution in [0.25, 0.3) is 0 Å². The topological polar surface area (TPSA) is 49.1 Å². The van der Waals surface area contributed by atoms with Gasteiger partial charge in [-0.3, -0.25) is 0 Å². The lowest BCUT2D eigenvalue weighted by molar-refractivity contribution is 0.606. The molecule has 11 heavy (non-hydrogen) atoms. The molecule has 0 fully saturated rings. The molecule has 61 valence electrons. The van der Waals surface area contributed by atoms with E-state index in [4.69, 9.17) is 5.73 Å². The van der Waals surface area contributed by atoms with E-state index in [0.29, 0.717) is 0 Å². The van der Waals surface area contributed by atoms with Gasteiger partial charge in [-0.1, -0.05) is 23.3 Å². The summed E-state index contributed by atoms with van der Waals surface area (Å²) in [6.45, 7) is 0. The average Bonchev–Trinajstić information content (AvgIpc) is 1.87. The first-order valence-corrected chi connectivity index (χ1v) is 5.06.